The van der Waals surface area contributed by atoms with Crippen LogP contribution in [0.2, 0.25) is 0 Å². The summed E-state index contributed by atoms with van der Waals surface area (Å²) in [5.74, 6) is 5.92. The summed E-state index contributed by atoms with van der Waals surface area (Å²) in [6.45, 7) is 4.04. The van der Waals surface area contributed by atoms with Crippen molar-refractivity contribution in [3.05, 3.63) is 35.1 Å². The molecule has 15 heavy (non-hydrogen) atoms. The predicted molar refractivity (Wildman–Crippen MR) is 68.5 cm³/mol. The SMILES string of the molecule is C/C=C1/C=CC(C)=C(N(N)SC)C1=NC. The fourth-order valence-corrected chi connectivity index (χ4v) is 1.95. The molecule has 1 aliphatic carbocycles. The standard InChI is InChI=1S/C11H17N3S/c1-5-9-7-6-8(2)11(10(9)13-3)14(12)15-4/h5-7H,12H2,1-4H3/b9-5-,13-10?. The lowest BCUT2D eigenvalue weighted by Crippen LogP contribution is -2.30. The summed E-state index contributed by atoms with van der Waals surface area (Å²) >= 11 is 1.48. The van der Waals surface area contributed by atoms with E-state index in [2.05, 4.69) is 17.1 Å². The molecule has 0 fully saturated rings. The van der Waals surface area contributed by atoms with Gasteiger partial charge in [0, 0.05) is 13.3 Å². The molecular formula is C11H17N3S. The Hall–Kier alpha value is -1.00. The zero-order valence-electron chi connectivity index (χ0n) is 9.61. The lowest BCUT2D eigenvalue weighted by atomic mass is 9.97. The Labute approximate surface area is 95.5 Å². The van der Waals surface area contributed by atoms with E-state index < -0.39 is 0 Å². The van der Waals surface area contributed by atoms with Gasteiger partial charge >= 0.3 is 0 Å². The van der Waals surface area contributed by atoms with E-state index >= 15 is 0 Å². The van der Waals surface area contributed by atoms with E-state index in [1.54, 1.807) is 11.5 Å². The van der Waals surface area contributed by atoms with Gasteiger partial charge < -0.3 is 0 Å². The van der Waals surface area contributed by atoms with Crippen molar-refractivity contribution in [2.45, 2.75) is 13.8 Å². The maximum absolute atomic E-state index is 5.92. The van der Waals surface area contributed by atoms with Gasteiger partial charge in [0.1, 0.15) is 0 Å². The molecule has 0 radical (unpaired) electrons. The number of aliphatic imine (C=N–C) groups is 1. The molecule has 0 heterocycles. The van der Waals surface area contributed by atoms with Crippen molar-refractivity contribution in [1.82, 2.24) is 4.41 Å². The van der Waals surface area contributed by atoms with E-state index in [0.717, 1.165) is 22.6 Å². The molecule has 0 aromatic heterocycles. The summed E-state index contributed by atoms with van der Waals surface area (Å²) in [4.78, 5) is 4.30. The van der Waals surface area contributed by atoms with Gasteiger partial charge in [-0.2, -0.15) is 0 Å². The van der Waals surface area contributed by atoms with Crippen LogP contribution in [0.5, 0.6) is 0 Å². The predicted octanol–water partition coefficient (Wildman–Crippen LogP) is 2.30. The minimum absolute atomic E-state index is 0.953. The molecule has 3 nitrogen and oxygen atoms in total. The third-order valence-electron chi connectivity index (χ3n) is 2.34. The van der Waals surface area contributed by atoms with E-state index in [4.69, 9.17) is 5.84 Å². The summed E-state index contributed by atoms with van der Waals surface area (Å²) in [6.07, 6.45) is 8.12. The first kappa shape index (κ1) is 12.1. The summed E-state index contributed by atoms with van der Waals surface area (Å²) in [5, 5.41) is 0. The van der Waals surface area contributed by atoms with Crippen LogP contribution in [-0.4, -0.2) is 23.4 Å². The number of rotatable bonds is 2. The quantitative estimate of drug-likeness (QED) is 0.444. The molecule has 0 saturated heterocycles. The third-order valence-corrected chi connectivity index (χ3v) is 2.91. The number of allylic oxidation sites excluding steroid dienone is 5. The van der Waals surface area contributed by atoms with Crippen molar-refractivity contribution in [2.75, 3.05) is 13.3 Å². The molecule has 4 heteroatoms. The average molecular weight is 223 g/mol. The van der Waals surface area contributed by atoms with Crippen LogP contribution in [0.25, 0.3) is 0 Å². The Kier molecular flexibility index (Phi) is 4.17. The highest BCUT2D eigenvalue weighted by molar-refractivity contribution is 7.96. The second kappa shape index (κ2) is 5.19. The molecule has 1 rings (SSSR count). The van der Waals surface area contributed by atoms with Crippen LogP contribution in [0.1, 0.15) is 13.8 Å². The van der Waals surface area contributed by atoms with Gasteiger partial charge in [-0.15, -0.1) is 0 Å². The van der Waals surface area contributed by atoms with Gasteiger partial charge in [0.2, 0.25) is 0 Å². The smallest absolute Gasteiger partial charge is 0.0931 e. The van der Waals surface area contributed by atoms with Gasteiger partial charge in [-0.25, -0.2) is 5.84 Å². The zero-order valence-corrected chi connectivity index (χ0v) is 10.4. The van der Waals surface area contributed by atoms with Crippen LogP contribution in [0.4, 0.5) is 0 Å². The fraction of sp³-hybridized carbons (Fsp3) is 0.364. The lowest BCUT2D eigenvalue weighted by Gasteiger charge is -2.25. The molecule has 1 aliphatic rings. The molecular weight excluding hydrogens is 206 g/mol. The van der Waals surface area contributed by atoms with Crippen molar-refractivity contribution in [3.63, 3.8) is 0 Å². The maximum atomic E-state index is 5.92. The van der Waals surface area contributed by atoms with Crippen LogP contribution in [-0.2, 0) is 0 Å². The van der Waals surface area contributed by atoms with E-state index in [1.165, 1.54) is 11.9 Å². The number of nitrogens with two attached hydrogens (primary N) is 1. The molecule has 0 bridgehead atoms. The molecule has 82 valence electrons. The molecule has 2 N–H and O–H groups in total. The Balaban J connectivity index is 3.24. The molecule has 0 aromatic rings. The van der Waals surface area contributed by atoms with Crippen LogP contribution in [0, 0.1) is 0 Å². The minimum Gasteiger partial charge on any atom is -0.286 e. The second-order valence-electron chi connectivity index (χ2n) is 3.19. The Morgan fingerprint density at radius 1 is 1.47 bits per heavy atom. The molecule has 0 spiro atoms. The Bertz CT molecular complexity index is 364. The van der Waals surface area contributed by atoms with Crippen molar-refractivity contribution in [1.29, 1.82) is 0 Å². The van der Waals surface area contributed by atoms with Gasteiger partial charge in [0.05, 0.1) is 11.4 Å². The number of hydrogen-bond acceptors (Lipinski definition) is 4. The summed E-state index contributed by atoms with van der Waals surface area (Å²) in [7, 11) is 1.79. The van der Waals surface area contributed by atoms with E-state index in [-0.39, 0.29) is 0 Å². The molecule has 0 unspecified atom stereocenters. The van der Waals surface area contributed by atoms with Gasteiger partial charge in [0.15, 0.2) is 0 Å². The maximum Gasteiger partial charge on any atom is 0.0931 e. The molecule has 0 aromatic carbocycles. The molecule has 0 aliphatic heterocycles. The van der Waals surface area contributed by atoms with Gasteiger partial charge in [-0.05, 0) is 36.9 Å². The van der Waals surface area contributed by atoms with E-state index in [0.29, 0.717) is 0 Å². The molecule has 0 amide bonds. The first-order valence-corrected chi connectivity index (χ1v) is 5.95. The van der Waals surface area contributed by atoms with Crippen LogP contribution in [0.15, 0.2) is 40.1 Å². The second-order valence-corrected chi connectivity index (χ2v) is 3.95. The number of hydrogen-bond donors (Lipinski definition) is 1. The van der Waals surface area contributed by atoms with Crippen molar-refractivity contribution >= 4 is 17.7 Å². The fourth-order valence-electron chi connectivity index (χ4n) is 1.53. The summed E-state index contributed by atoms with van der Waals surface area (Å²) < 4.78 is 1.66. The Morgan fingerprint density at radius 2 is 2.13 bits per heavy atom. The Morgan fingerprint density at radius 3 is 2.60 bits per heavy atom. The largest absolute Gasteiger partial charge is 0.286 e. The topological polar surface area (TPSA) is 41.6 Å². The van der Waals surface area contributed by atoms with Crippen LogP contribution < -0.4 is 5.84 Å². The van der Waals surface area contributed by atoms with Crippen molar-refractivity contribution in [3.8, 4) is 0 Å². The third kappa shape index (κ3) is 2.33. The van der Waals surface area contributed by atoms with E-state index in [9.17, 15) is 0 Å². The van der Waals surface area contributed by atoms with Crippen molar-refractivity contribution < 1.29 is 0 Å². The first-order chi connectivity index (χ1) is 7.15. The highest BCUT2D eigenvalue weighted by Gasteiger charge is 2.19. The molecule has 0 saturated carbocycles. The number of hydrazine groups is 1. The molecule has 0 atom stereocenters. The lowest BCUT2D eigenvalue weighted by molar-refractivity contribution is 0.640. The van der Waals surface area contributed by atoms with Gasteiger partial charge in [-0.3, -0.25) is 9.41 Å². The zero-order chi connectivity index (χ0) is 11.4. The van der Waals surface area contributed by atoms with Gasteiger partial charge in [-0.1, -0.05) is 18.2 Å². The summed E-state index contributed by atoms with van der Waals surface area (Å²) in [5.41, 5.74) is 4.19. The minimum atomic E-state index is 0.953. The highest BCUT2D eigenvalue weighted by atomic mass is 32.2. The van der Waals surface area contributed by atoms with Crippen LogP contribution in [0.3, 0.4) is 0 Å². The summed E-state index contributed by atoms with van der Waals surface area (Å²) in [6, 6.07) is 0. The first-order valence-electron chi connectivity index (χ1n) is 4.77. The monoisotopic (exact) mass is 223 g/mol. The van der Waals surface area contributed by atoms with Crippen LogP contribution >= 0.6 is 11.9 Å². The average Bonchev–Trinajstić information content (AvgIpc) is 2.27. The number of nitrogens with zero attached hydrogens (tertiary/aromatic N) is 2. The normalized spacial score (nSPS) is 21.7. The van der Waals surface area contributed by atoms with E-state index in [1.807, 2.05) is 26.2 Å². The van der Waals surface area contributed by atoms with Gasteiger partial charge in [0.25, 0.3) is 0 Å². The van der Waals surface area contributed by atoms with Crippen molar-refractivity contribution in [2.24, 2.45) is 10.8 Å². The highest BCUT2D eigenvalue weighted by Crippen LogP contribution is 2.25.